The second-order valence-corrected chi connectivity index (χ2v) is 3.82. The van der Waals surface area contributed by atoms with Gasteiger partial charge in [-0.3, -0.25) is 0 Å². The van der Waals surface area contributed by atoms with E-state index in [0.29, 0.717) is 0 Å². The maximum atomic E-state index is 13.3. The summed E-state index contributed by atoms with van der Waals surface area (Å²) in [6, 6.07) is 2.37. The molecule has 0 fully saturated rings. The first-order valence-electron chi connectivity index (χ1n) is 5.43. The van der Waals surface area contributed by atoms with Crippen LogP contribution in [0.4, 0.5) is 17.6 Å². The van der Waals surface area contributed by atoms with Crippen LogP contribution in [-0.4, -0.2) is 38.8 Å². The lowest BCUT2D eigenvalue weighted by Crippen LogP contribution is -2.34. The predicted molar refractivity (Wildman–Crippen MR) is 62.0 cm³/mol. The van der Waals surface area contributed by atoms with Crippen molar-refractivity contribution in [1.82, 2.24) is 0 Å². The van der Waals surface area contributed by atoms with E-state index in [1.54, 1.807) is 0 Å². The Labute approximate surface area is 112 Å². The van der Waals surface area contributed by atoms with Crippen LogP contribution in [0.25, 0.3) is 0 Å². The third kappa shape index (κ3) is 2.90. The maximum Gasteiger partial charge on any atom is 0.336 e. The van der Waals surface area contributed by atoms with Crippen LogP contribution in [-0.2, 0) is 0 Å². The number of rotatable bonds is 6. The molecule has 0 aliphatic rings. The fraction of sp³-hybridized carbons (Fsp3) is 0.500. The zero-order valence-electron chi connectivity index (χ0n) is 11.0. The van der Waals surface area contributed by atoms with Crippen molar-refractivity contribution in [1.29, 1.82) is 0 Å². The van der Waals surface area contributed by atoms with Gasteiger partial charge in [0.05, 0.1) is 26.9 Å². The Morgan fingerprint density at radius 2 is 1.45 bits per heavy atom. The summed E-state index contributed by atoms with van der Waals surface area (Å²) in [5, 5.41) is 9.58. The average molecular weight is 298 g/mol. The van der Waals surface area contributed by atoms with E-state index < -0.39 is 24.0 Å². The molecular formula is C12H14F4O4. The zero-order chi connectivity index (χ0) is 15.5. The summed E-state index contributed by atoms with van der Waals surface area (Å²) in [5.41, 5.74) is -0.568. The molecule has 0 amide bonds. The van der Waals surface area contributed by atoms with Gasteiger partial charge in [-0.1, -0.05) is 0 Å². The number of halogens is 4. The van der Waals surface area contributed by atoms with Crippen molar-refractivity contribution in [3.63, 3.8) is 0 Å². The minimum absolute atomic E-state index is 0.204. The monoisotopic (exact) mass is 298 g/mol. The Balaban J connectivity index is 3.42. The molecule has 114 valence electrons. The number of methoxy groups -OCH3 is 3. The van der Waals surface area contributed by atoms with Crippen LogP contribution in [0, 0.1) is 0 Å². The van der Waals surface area contributed by atoms with E-state index in [1.165, 1.54) is 19.2 Å². The highest BCUT2D eigenvalue weighted by Crippen LogP contribution is 2.45. The van der Waals surface area contributed by atoms with Gasteiger partial charge in [-0.05, 0) is 0 Å². The van der Waals surface area contributed by atoms with Crippen LogP contribution in [0.15, 0.2) is 12.1 Å². The molecule has 1 aromatic carbocycles. The SMILES string of the molecule is COc1cc(OC)c(C(O)C(F)(F)C(F)F)c(OC)c1. The van der Waals surface area contributed by atoms with Crippen molar-refractivity contribution >= 4 is 0 Å². The normalized spacial score (nSPS) is 13.2. The lowest BCUT2D eigenvalue weighted by atomic mass is 10.0. The first-order chi connectivity index (χ1) is 9.29. The summed E-state index contributed by atoms with van der Waals surface area (Å²) in [5.74, 6) is -4.92. The van der Waals surface area contributed by atoms with Gasteiger partial charge < -0.3 is 19.3 Å². The van der Waals surface area contributed by atoms with Crippen LogP contribution in [0.3, 0.4) is 0 Å². The second-order valence-electron chi connectivity index (χ2n) is 3.82. The standard InChI is InChI=1S/C12H14F4O4/c1-18-6-4-7(19-2)9(8(5-6)20-3)10(17)12(15,16)11(13)14/h4-5,10-11,17H,1-3H3. The van der Waals surface area contributed by atoms with Crippen LogP contribution < -0.4 is 14.2 Å². The fourth-order valence-electron chi connectivity index (χ4n) is 1.61. The highest BCUT2D eigenvalue weighted by atomic mass is 19.3. The number of alkyl halides is 4. The molecule has 0 aromatic heterocycles. The second kappa shape index (κ2) is 6.17. The molecule has 1 aromatic rings. The van der Waals surface area contributed by atoms with Crippen LogP contribution in [0.1, 0.15) is 11.7 Å². The van der Waals surface area contributed by atoms with E-state index in [9.17, 15) is 22.7 Å². The lowest BCUT2D eigenvalue weighted by Gasteiger charge is -2.25. The Morgan fingerprint density at radius 3 is 1.75 bits per heavy atom. The number of aliphatic hydroxyl groups excluding tert-OH is 1. The molecule has 0 bridgehead atoms. The Kier molecular flexibility index (Phi) is 5.04. The van der Waals surface area contributed by atoms with Crippen LogP contribution in [0.5, 0.6) is 17.2 Å². The van der Waals surface area contributed by atoms with Crippen molar-refractivity contribution in [3.05, 3.63) is 17.7 Å². The first kappa shape index (κ1) is 16.4. The smallest absolute Gasteiger partial charge is 0.336 e. The number of ether oxygens (including phenoxy) is 3. The number of hydrogen-bond donors (Lipinski definition) is 1. The van der Waals surface area contributed by atoms with E-state index in [4.69, 9.17) is 14.2 Å². The quantitative estimate of drug-likeness (QED) is 0.820. The summed E-state index contributed by atoms with van der Waals surface area (Å²) < 4.78 is 65.8. The summed E-state index contributed by atoms with van der Waals surface area (Å²) >= 11 is 0. The van der Waals surface area contributed by atoms with Gasteiger partial charge >= 0.3 is 12.3 Å². The predicted octanol–water partition coefficient (Wildman–Crippen LogP) is 2.65. The van der Waals surface area contributed by atoms with Gasteiger partial charge in [-0.15, -0.1) is 0 Å². The molecule has 1 rings (SSSR count). The van der Waals surface area contributed by atoms with Crippen LogP contribution >= 0.6 is 0 Å². The minimum Gasteiger partial charge on any atom is -0.496 e. The van der Waals surface area contributed by atoms with Gasteiger partial charge in [-0.25, -0.2) is 8.78 Å². The van der Waals surface area contributed by atoms with E-state index in [-0.39, 0.29) is 17.2 Å². The van der Waals surface area contributed by atoms with Crippen LogP contribution in [0.2, 0.25) is 0 Å². The Bertz CT molecular complexity index is 440. The van der Waals surface area contributed by atoms with Crippen molar-refractivity contribution in [3.8, 4) is 17.2 Å². The molecule has 1 unspecified atom stereocenters. The summed E-state index contributed by atoms with van der Waals surface area (Å²) in [7, 11) is 3.61. The molecule has 8 heteroatoms. The van der Waals surface area contributed by atoms with Gasteiger partial charge in [-0.2, -0.15) is 8.78 Å². The van der Waals surface area contributed by atoms with Gasteiger partial charge in [0, 0.05) is 12.1 Å². The highest BCUT2D eigenvalue weighted by Gasteiger charge is 2.50. The van der Waals surface area contributed by atoms with E-state index >= 15 is 0 Å². The molecule has 20 heavy (non-hydrogen) atoms. The molecular weight excluding hydrogens is 284 g/mol. The van der Waals surface area contributed by atoms with Crippen molar-refractivity contribution in [2.75, 3.05) is 21.3 Å². The zero-order valence-corrected chi connectivity index (χ0v) is 11.0. The maximum absolute atomic E-state index is 13.3. The molecule has 0 aliphatic heterocycles. The highest BCUT2D eigenvalue weighted by molar-refractivity contribution is 5.52. The van der Waals surface area contributed by atoms with E-state index in [2.05, 4.69) is 0 Å². The molecule has 0 heterocycles. The molecule has 1 atom stereocenters. The topological polar surface area (TPSA) is 47.9 Å². The van der Waals surface area contributed by atoms with Gasteiger partial charge in [0.2, 0.25) is 0 Å². The molecule has 0 saturated carbocycles. The minimum atomic E-state index is -4.64. The first-order valence-corrected chi connectivity index (χ1v) is 5.43. The lowest BCUT2D eigenvalue weighted by molar-refractivity contribution is -0.194. The Hall–Kier alpha value is -1.70. The summed E-state index contributed by atoms with van der Waals surface area (Å²) in [6.07, 6.45) is -6.81. The van der Waals surface area contributed by atoms with E-state index in [1.807, 2.05) is 0 Å². The summed E-state index contributed by atoms with van der Waals surface area (Å²) in [4.78, 5) is 0. The Morgan fingerprint density at radius 1 is 1.00 bits per heavy atom. The van der Waals surface area contributed by atoms with Gasteiger partial charge in [0.15, 0.2) is 6.10 Å². The largest absolute Gasteiger partial charge is 0.496 e. The fourth-order valence-corrected chi connectivity index (χ4v) is 1.61. The number of aliphatic hydroxyl groups is 1. The number of hydrogen-bond acceptors (Lipinski definition) is 4. The van der Waals surface area contributed by atoms with Crippen molar-refractivity contribution < 1.29 is 36.9 Å². The molecule has 0 saturated heterocycles. The third-order valence-electron chi connectivity index (χ3n) is 2.68. The summed E-state index contributed by atoms with van der Waals surface area (Å²) in [6.45, 7) is 0. The number of benzene rings is 1. The molecule has 0 radical (unpaired) electrons. The van der Waals surface area contributed by atoms with Crippen molar-refractivity contribution in [2.24, 2.45) is 0 Å². The van der Waals surface area contributed by atoms with Gasteiger partial charge in [0.1, 0.15) is 17.2 Å². The third-order valence-corrected chi connectivity index (χ3v) is 2.68. The average Bonchev–Trinajstić information content (AvgIpc) is 2.44. The van der Waals surface area contributed by atoms with Crippen molar-refractivity contribution in [2.45, 2.75) is 18.5 Å². The van der Waals surface area contributed by atoms with E-state index in [0.717, 1.165) is 14.2 Å². The molecule has 0 aliphatic carbocycles. The molecule has 0 spiro atoms. The molecule has 1 N–H and O–H groups in total. The molecule has 4 nitrogen and oxygen atoms in total. The van der Waals surface area contributed by atoms with Gasteiger partial charge in [0.25, 0.3) is 0 Å².